The van der Waals surface area contributed by atoms with Gasteiger partial charge in [0.25, 0.3) is 5.92 Å². The number of methoxy groups -OCH3 is 1. The second kappa shape index (κ2) is 3.46. The number of hydrogen-bond acceptors (Lipinski definition) is 3. The highest BCUT2D eigenvalue weighted by atomic mass is 19.3. The fraction of sp³-hybridized carbons (Fsp3) is 0.889. The Morgan fingerprint density at radius 3 is 2.29 bits per heavy atom. The van der Waals surface area contributed by atoms with Crippen LogP contribution in [0.4, 0.5) is 8.78 Å². The van der Waals surface area contributed by atoms with Crippen LogP contribution < -0.4 is 5.73 Å². The molecule has 1 aliphatic rings. The van der Waals surface area contributed by atoms with Crippen molar-refractivity contribution >= 4 is 5.97 Å². The Morgan fingerprint density at radius 2 is 2.07 bits per heavy atom. The molecule has 3 nitrogen and oxygen atoms in total. The average Bonchev–Trinajstić information content (AvgIpc) is 2.87. The maximum absolute atomic E-state index is 13.4. The van der Waals surface area contributed by atoms with Gasteiger partial charge in [0.15, 0.2) is 0 Å². The summed E-state index contributed by atoms with van der Waals surface area (Å²) in [6, 6.07) is 0. The topological polar surface area (TPSA) is 52.3 Å². The monoisotopic (exact) mass is 207 g/mol. The Hall–Kier alpha value is -0.710. The third-order valence-corrected chi connectivity index (χ3v) is 2.93. The van der Waals surface area contributed by atoms with E-state index in [1.165, 1.54) is 0 Å². The number of carbonyl (C=O) groups is 1. The van der Waals surface area contributed by atoms with Gasteiger partial charge in [-0.05, 0) is 18.8 Å². The quantitative estimate of drug-likeness (QED) is 0.704. The second-order valence-corrected chi connectivity index (χ2v) is 3.83. The van der Waals surface area contributed by atoms with E-state index in [4.69, 9.17) is 5.73 Å². The van der Waals surface area contributed by atoms with E-state index in [2.05, 4.69) is 4.74 Å². The van der Waals surface area contributed by atoms with Gasteiger partial charge in [-0.15, -0.1) is 0 Å². The molecule has 1 unspecified atom stereocenters. The van der Waals surface area contributed by atoms with Gasteiger partial charge in [-0.2, -0.15) is 0 Å². The first-order valence-corrected chi connectivity index (χ1v) is 4.56. The van der Waals surface area contributed by atoms with Gasteiger partial charge in [0.05, 0.1) is 7.11 Å². The van der Waals surface area contributed by atoms with Crippen LogP contribution in [0.5, 0.6) is 0 Å². The largest absolute Gasteiger partial charge is 0.468 e. The van der Waals surface area contributed by atoms with Gasteiger partial charge in [-0.25, -0.2) is 8.78 Å². The molecule has 82 valence electrons. The third kappa shape index (κ3) is 1.49. The van der Waals surface area contributed by atoms with Crippen LogP contribution in [0.25, 0.3) is 0 Å². The Balaban J connectivity index is 3.04. The van der Waals surface area contributed by atoms with Gasteiger partial charge < -0.3 is 10.5 Å². The molecule has 2 N–H and O–H groups in total. The summed E-state index contributed by atoms with van der Waals surface area (Å²) in [7, 11) is 1.11. The lowest BCUT2D eigenvalue weighted by molar-refractivity contribution is -0.181. The highest BCUT2D eigenvalue weighted by Crippen LogP contribution is 2.53. The standard InChI is InChI=1S/C9H15F2NO2/c1-8(10,11)9(5-12,6-3-4-6)7(13)14-2/h6H,3-5,12H2,1-2H3. The number of rotatable bonds is 4. The van der Waals surface area contributed by atoms with E-state index in [0.717, 1.165) is 14.0 Å². The molecule has 0 saturated heterocycles. The number of nitrogens with two attached hydrogens (primary N) is 1. The van der Waals surface area contributed by atoms with Crippen LogP contribution in [0, 0.1) is 11.3 Å². The maximum Gasteiger partial charge on any atom is 0.319 e. The Morgan fingerprint density at radius 1 is 1.57 bits per heavy atom. The Kier molecular flexibility index (Phi) is 2.81. The highest BCUT2D eigenvalue weighted by molar-refractivity contribution is 5.79. The molecular formula is C9H15F2NO2. The van der Waals surface area contributed by atoms with Gasteiger partial charge >= 0.3 is 5.97 Å². The maximum atomic E-state index is 13.4. The molecule has 5 heteroatoms. The first kappa shape index (κ1) is 11.4. The molecule has 0 radical (unpaired) electrons. The number of alkyl halides is 2. The van der Waals surface area contributed by atoms with Crippen molar-refractivity contribution in [1.82, 2.24) is 0 Å². The number of carbonyl (C=O) groups excluding carboxylic acids is 1. The third-order valence-electron chi connectivity index (χ3n) is 2.93. The molecule has 0 spiro atoms. The molecule has 0 aliphatic heterocycles. The zero-order valence-electron chi connectivity index (χ0n) is 8.35. The van der Waals surface area contributed by atoms with Crippen LogP contribution in [0.3, 0.4) is 0 Å². The van der Waals surface area contributed by atoms with Crippen molar-refractivity contribution in [2.45, 2.75) is 25.7 Å². The predicted molar refractivity (Wildman–Crippen MR) is 46.8 cm³/mol. The lowest BCUT2D eigenvalue weighted by Gasteiger charge is -2.34. The summed E-state index contributed by atoms with van der Waals surface area (Å²) in [6.45, 7) is 0.364. The number of esters is 1. The van der Waals surface area contributed by atoms with E-state index in [1.807, 2.05) is 0 Å². The van der Waals surface area contributed by atoms with Crippen molar-refractivity contribution in [3.63, 3.8) is 0 Å². The lowest BCUT2D eigenvalue weighted by Crippen LogP contribution is -2.53. The molecule has 0 aromatic carbocycles. The van der Waals surface area contributed by atoms with Crippen molar-refractivity contribution in [3.05, 3.63) is 0 Å². The molecule has 0 heterocycles. The first-order chi connectivity index (χ1) is 6.40. The normalized spacial score (nSPS) is 21.5. The van der Waals surface area contributed by atoms with Crippen LogP contribution >= 0.6 is 0 Å². The van der Waals surface area contributed by atoms with E-state index in [0.29, 0.717) is 12.8 Å². The molecule has 1 aliphatic carbocycles. The zero-order chi connectivity index (χ0) is 11.0. The van der Waals surface area contributed by atoms with Gasteiger partial charge in [-0.3, -0.25) is 4.79 Å². The van der Waals surface area contributed by atoms with Crippen molar-refractivity contribution in [2.75, 3.05) is 13.7 Å². The van der Waals surface area contributed by atoms with E-state index >= 15 is 0 Å². The van der Waals surface area contributed by atoms with Gasteiger partial charge in [0, 0.05) is 13.5 Å². The highest BCUT2D eigenvalue weighted by Gasteiger charge is 2.63. The van der Waals surface area contributed by atoms with Gasteiger partial charge in [0.1, 0.15) is 5.41 Å². The van der Waals surface area contributed by atoms with Crippen LogP contribution in [0.15, 0.2) is 0 Å². The van der Waals surface area contributed by atoms with E-state index in [1.54, 1.807) is 0 Å². The molecule has 0 amide bonds. The number of halogens is 2. The van der Waals surface area contributed by atoms with Crippen LogP contribution in [0.1, 0.15) is 19.8 Å². The predicted octanol–water partition coefficient (Wildman–Crippen LogP) is 1.17. The summed E-state index contributed by atoms with van der Waals surface area (Å²) in [5.74, 6) is -4.36. The summed E-state index contributed by atoms with van der Waals surface area (Å²) in [4.78, 5) is 11.4. The summed E-state index contributed by atoms with van der Waals surface area (Å²) in [5, 5.41) is 0. The first-order valence-electron chi connectivity index (χ1n) is 4.56. The molecule has 1 fully saturated rings. The molecule has 14 heavy (non-hydrogen) atoms. The van der Waals surface area contributed by atoms with E-state index in [9.17, 15) is 13.6 Å². The summed E-state index contributed by atoms with van der Waals surface area (Å²) in [6.07, 6.45) is 1.24. The van der Waals surface area contributed by atoms with Gasteiger partial charge in [0.2, 0.25) is 0 Å². The summed E-state index contributed by atoms with van der Waals surface area (Å²) >= 11 is 0. The molecule has 1 rings (SSSR count). The fourth-order valence-corrected chi connectivity index (χ4v) is 1.89. The lowest BCUT2D eigenvalue weighted by atomic mass is 9.77. The fourth-order valence-electron chi connectivity index (χ4n) is 1.89. The summed E-state index contributed by atoms with van der Waals surface area (Å²) in [5.41, 5.74) is 3.51. The van der Waals surface area contributed by atoms with Crippen molar-refractivity contribution in [2.24, 2.45) is 17.1 Å². The molecule has 0 bridgehead atoms. The SMILES string of the molecule is COC(=O)C(CN)(C1CC1)C(C)(F)F. The van der Waals surface area contributed by atoms with E-state index < -0.39 is 17.3 Å². The van der Waals surface area contributed by atoms with Crippen LogP contribution in [-0.2, 0) is 9.53 Å². The van der Waals surface area contributed by atoms with E-state index in [-0.39, 0.29) is 12.5 Å². The second-order valence-electron chi connectivity index (χ2n) is 3.83. The molecule has 1 saturated carbocycles. The molecule has 0 aromatic heterocycles. The van der Waals surface area contributed by atoms with Gasteiger partial charge in [-0.1, -0.05) is 0 Å². The molecule has 1 atom stereocenters. The number of ether oxygens (including phenoxy) is 1. The minimum atomic E-state index is -3.13. The summed E-state index contributed by atoms with van der Waals surface area (Å²) < 4.78 is 31.2. The number of hydrogen-bond donors (Lipinski definition) is 1. The van der Waals surface area contributed by atoms with Crippen molar-refractivity contribution in [1.29, 1.82) is 0 Å². The zero-order valence-corrected chi connectivity index (χ0v) is 8.35. The minimum Gasteiger partial charge on any atom is -0.468 e. The van der Waals surface area contributed by atoms with Crippen LogP contribution in [0.2, 0.25) is 0 Å². The molecular weight excluding hydrogens is 192 g/mol. The average molecular weight is 207 g/mol. The van der Waals surface area contributed by atoms with Crippen molar-refractivity contribution in [3.8, 4) is 0 Å². The smallest absolute Gasteiger partial charge is 0.319 e. The Labute approximate surface area is 81.6 Å². The van der Waals surface area contributed by atoms with Crippen LogP contribution in [-0.4, -0.2) is 25.5 Å². The molecule has 0 aromatic rings. The minimum absolute atomic E-state index is 0.333. The van der Waals surface area contributed by atoms with Crippen molar-refractivity contribution < 1.29 is 18.3 Å². The Bertz CT molecular complexity index is 235.